The van der Waals surface area contributed by atoms with Gasteiger partial charge in [-0.1, -0.05) is 31.5 Å². The van der Waals surface area contributed by atoms with Crippen molar-refractivity contribution in [3.8, 4) is 0 Å². The molecule has 0 heterocycles. The maximum atomic E-state index is 11.9. The predicted molar refractivity (Wildman–Crippen MR) is 74.1 cm³/mol. The van der Waals surface area contributed by atoms with Gasteiger partial charge in [0, 0.05) is 17.1 Å². The van der Waals surface area contributed by atoms with E-state index in [1.165, 1.54) is 0 Å². The molecule has 1 aromatic rings. The van der Waals surface area contributed by atoms with Crippen LogP contribution in [0.2, 0.25) is 5.02 Å². The first-order valence-electron chi connectivity index (χ1n) is 6.18. The van der Waals surface area contributed by atoms with E-state index in [4.69, 9.17) is 11.6 Å². The number of carbonyl (C=O) groups is 1. The number of hydrogen-bond acceptors (Lipinski definition) is 2. The van der Waals surface area contributed by atoms with Crippen molar-refractivity contribution in [2.45, 2.75) is 39.2 Å². The van der Waals surface area contributed by atoms with Gasteiger partial charge in [0.1, 0.15) is 0 Å². The molecule has 0 saturated heterocycles. The number of nitrogens with one attached hydrogen (secondary N) is 1. The minimum Gasteiger partial charge on any atom is -0.388 e. The summed E-state index contributed by atoms with van der Waals surface area (Å²) in [6, 6.07) is 5.18. The molecular weight excluding hydrogens is 250 g/mol. The van der Waals surface area contributed by atoms with Crippen LogP contribution in [0, 0.1) is 6.92 Å². The number of rotatable bonds is 5. The first-order valence-corrected chi connectivity index (χ1v) is 6.56. The highest BCUT2D eigenvalue weighted by molar-refractivity contribution is 6.31. The lowest BCUT2D eigenvalue weighted by molar-refractivity contribution is 0.0314. The molecule has 0 aliphatic carbocycles. The SMILES string of the molecule is CCC(O)(CC)CNC(=O)c1ccc(C)c(Cl)c1. The van der Waals surface area contributed by atoms with Crippen LogP contribution < -0.4 is 5.32 Å². The van der Waals surface area contributed by atoms with Gasteiger partial charge < -0.3 is 10.4 Å². The molecule has 2 N–H and O–H groups in total. The van der Waals surface area contributed by atoms with Gasteiger partial charge in [-0.2, -0.15) is 0 Å². The number of carbonyl (C=O) groups excluding carboxylic acids is 1. The van der Waals surface area contributed by atoms with E-state index >= 15 is 0 Å². The number of hydrogen-bond donors (Lipinski definition) is 2. The van der Waals surface area contributed by atoms with E-state index < -0.39 is 5.60 Å². The summed E-state index contributed by atoms with van der Waals surface area (Å²) < 4.78 is 0. The lowest BCUT2D eigenvalue weighted by Crippen LogP contribution is -2.42. The number of benzene rings is 1. The zero-order valence-corrected chi connectivity index (χ0v) is 11.8. The molecule has 0 aromatic heterocycles. The Kier molecular flexibility index (Phi) is 5.17. The zero-order valence-electron chi connectivity index (χ0n) is 11.1. The van der Waals surface area contributed by atoms with Crippen LogP contribution in [-0.2, 0) is 0 Å². The Morgan fingerprint density at radius 2 is 2.00 bits per heavy atom. The van der Waals surface area contributed by atoms with Gasteiger partial charge in [-0.3, -0.25) is 4.79 Å². The van der Waals surface area contributed by atoms with Gasteiger partial charge in [-0.15, -0.1) is 0 Å². The molecular formula is C14H20ClNO2. The van der Waals surface area contributed by atoms with Crippen molar-refractivity contribution in [1.29, 1.82) is 0 Å². The van der Waals surface area contributed by atoms with Gasteiger partial charge in [0.25, 0.3) is 5.91 Å². The van der Waals surface area contributed by atoms with Crippen molar-refractivity contribution in [2.75, 3.05) is 6.54 Å². The summed E-state index contributed by atoms with van der Waals surface area (Å²) in [5, 5.41) is 13.4. The second-order valence-corrected chi connectivity index (χ2v) is 4.99. The van der Waals surface area contributed by atoms with E-state index in [0.717, 1.165) is 5.56 Å². The first-order chi connectivity index (χ1) is 8.41. The number of halogens is 1. The Hall–Kier alpha value is -1.06. The molecule has 4 heteroatoms. The predicted octanol–water partition coefficient (Wildman–Crippen LogP) is 2.93. The van der Waals surface area contributed by atoms with Gasteiger partial charge in [0.15, 0.2) is 0 Å². The third-order valence-corrected chi connectivity index (χ3v) is 3.74. The Morgan fingerprint density at radius 3 is 2.50 bits per heavy atom. The summed E-state index contributed by atoms with van der Waals surface area (Å²) in [5.41, 5.74) is 0.622. The average molecular weight is 270 g/mol. The van der Waals surface area contributed by atoms with Crippen LogP contribution in [0.5, 0.6) is 0 Å². The second kappa shape index (κ2) is 6.21. The van der Waals surface area contributed by atoms with E-state index in [9.17, 15) is 9.90 Å². The highest BCUT2D eigenvalue weighted by atomic mass is 35.5. The molecule has 0 unspecified atom stereocenters. The Balaban J connectivity index is 2.68. The lowest BCUT2D eigenvalue weighted by Gasteiger charge is -2.25. The molecule has 0 fully saturated rings. The third kappa shape index (κ3) is 3.72. The number of aryl methyl sites for hydroxylation is 1. The smallest absolute Gasteiger partial charge is 0.251 e. The maximum Gasteiger partial charge on any atom is 0.251 e. The number of amides is 1. The molecule has 0 spiro atoms. The molecule has 100 valence electrons. The summed E-state index contributed by atoms with van der Waals surface area (Å²) in [7, 11) is 0. The molecule has 0 bridgehead atoms. The quantitative estimate of drug-likeness (QED) is 0.863. The lowest BCUT2D eigenvalue weighted by atomic mass is 9.97. The van der Waals surface area contributed by atoms with Crippen molar-refractivity contribution < 1.29 is 9.90 Å². The molecule has 1 aromatic carbocycles. The normalized spacial score (nSPS) is 11.4. The maximum absolute atomic E-state index is 11.9. The topological polar surface area (TPSA) is 49.3 Å². The monoisotopic (exact) mass is 269 g/mol. The number of aliphatic hydroxyl groups is 1. The fourth-order valence-corrected chi connectivity index (χ4v) is 1.76. The van der Waals surface area contributed by atoms with E-state index in [1.54, 1.807) is 12.1 Å². The first kappa shape index (κ1) is 15.0. The molecule has 1 amide bonds. The minimum absolute atomic E-state index is 0.211. The van der Waals surface area contributed by atoms with Crippen LogP contribution >= 0.6 is 11.6 Å². The highest BCUT2D eigenvalue weighted by Gasteiger charge is 2.23. The molecule has 0 radical (unpaired) electrons. The average Bonchev–Trinajstić information content (AvgIpc) is 2.38. The molecule has 0 atom stereocenters. The molecule has 3 nitrogen and oxygen atoms in total. The van der Waals surface area contributed by atoms with E-state index in [-0.39, 0.29) is 12.5 Å². The van der Waals surface area contributed by atoms with Gasteiger partial charge in [-0.25, -0.2) is 0 Å². The summed E-state index contributed by atoms with van der Waals surface area (Å²) in [5.74, 6) is -0.211. The zero-order chi connectivity index (χ0) is 13.8. The summed E-state index contributed by atoms with van der Waals surface area (Å²) in [6.45, 7) is 5.94. The molecule has 0 aliphatic rings. The van der Waals surface area contributed by atoms with E-state index in [1.807, 2.05) is 26.8 Å². The highest BCUT2D eigenvalue weighted by Crippen LogP contribution is 2.17. The largest absolute Gasteiger partial charge is 0.388 e. The molecule has 0 aliphatic heterocycles. The van der Waals surface area contributed by atoms with Gasteiger partial charge in [0.05, 0.1) is 5.60 Å². The van der Waals surface area contributed by atoms with Crippen molar-refractivity contribution in [2.24, 2.45) is 0 Å². The fraction of sp³-hybridized carbons (Fsp3) is 0.500. The van der Waals surface area contributed by atoms with Gasteiger partial charge in [0.2, 0.25) is 0 Å². The van der Waals surface area contributed by atoms with Crippen LogP contribution in [0.3, 0.4) is 0 Å². The summed E-state index contributed by atoms with van der Waals surface area (Å²) in [4.78, 5) is 11.9. The minimum atomic E-state index is -0.829. The van der Waals surface area contributed by atoms with Crippen molar-refractivity contribution in [1.82, 2.24) is 5.32 Å². The van der Waals surface area contributed by atoms with Crippen LogP contribution in [0.4, 0.5) is 0 Å². The fourth-order valence-electron chi connectivity index (χ4n) is 1.58. The Bertz CT molecular complexity index is 428. The van der Waals surface area contributed by atoms with Crippen molar-refractivity contribution in [3.63, 3.8) is 0 Å². The molecule has 0 saturated carbocycles. The van der Waals surface area contributed by atoms with Gasteiger partial charge >= 0.3 is 0 Å². The van der Waals surface area contributed by atoms with E-state index in [0.29, 0.717) is 23.4 Å². The van der Waals surface area contributed by atoms with Crippen LogP contribution in [0.25, 0.3) is 0 Å². The summed E-state index contributed by atoms with van der Waals surface area (Å²) in [6.07, 6.45) is 1.22. The third-order valence-electron chi connectivity index (χ3n) is 3.33. The standard InChI is InChI=1S/C14H20ClNO2/c1-4-14(18,5-2)9-16-13(17)11-7-6-10(3)12(15)8-11/h6-8,18H,4-5,9H2,1-3H3,(H,16,17). The van der Waals surface area contributed by atoms with Gasteiger partial charge in [-0.05, 0) is 37.5 Å². The molecule has 1 rings (SSSR count). The molecule has 18 heavy (non-hydrogen) atoms. The Morgan fingerprint density at radius 1 is 1.39 bits per heavy atom. The Labute approximate surface area is 113 Å². The van der Waals surface area contributed by atoms with Crippen LogP contribution in [-0.4, -0.2) is 23.2 Å². The van der Waals surface area contributed by atoms with Crippen molar-refractivity contribution in [3.05, 3.63) is 34.3 Å². The van der Waals surface area contributed by atoms with E-state index in [2.05, 4.69) is 5.32 Å². The van der Waals surface area contributed by atoms with Crippen molar-refractivity contribution >= 4 is 17.5 Å². The van der Waals surface area contributed by atoms with Crippen LogP contribution in [0.1, 0.15) is 42.6 Å². The second-order valence-electron chi connectivity index (χ2n) is 4.58. The van der Waals surface area contributed by atoms with Crippen LogP contribution in [0.15, 0.2) is 18.2 Å². The summed E-state index contributed by atoms with van der Waals surface area (Å²) >= 11 is 5.97.